The summed E-state index contributed by atoms with van der Waals surface area (Å²) < 4.78 is 4.92. The largest absolute Gasteiger partial charge is 0.430 e. The van der Waals surface area contributed by atoms with E-state index in [1.54, 1.807) is 24.3 Å². The summed E-state index contributed by atoms with van der Waals surface area (Å²) in [7, 11) is 0. The van der Waals surface area contributed by atoms with Gasteiger partial charge in [-0.05, 0) is 24.3 Å². The summed E-state index contributed by atoms with van der Waals surface area (Å²) in [5.41, 5.74) is 1.21. The van der Waals surface area contributed by atoms with Crippen LogP contribution in [0.15, 0.2) is 24.3 Å². The molecule has 2 rings (SSSR count). The molecule has 17 heavy (non-hydrogen) atoms. The number of anilines is 1. The van der Waals surface area contributed by atoms with Gasteiger partial charge in [0.1, 0.15) is 6.07 Å². The number of benzene rings is 1. The molecule has 0 spiro atoms. The maximum atomic E-state index is 11.6. The van der Waals surface area contributed by atoms with E-state index < -0.39 is 12.2 Å². The highest BCUT2D eigenvalue weighted by molar-refractivity contribution is 5.88. The summed E-state index contributed by atoms with van der Waals surface area (Å²) in [5.74, 6) is 0. The second-order valence-electron chi connectivity index (χ2n) is 3.60. The molecule has 1 aromatic rings. The third kappa shape index (κ3) is 2.19. The Bertz CT molecular complexity index is 510. The molecular formula is C12H9N3O2. The minimum absolute atomic E-state index is 0.447. The van der Waals surface area contributed by atoms with Crippen LogP contribution in [0.25, 0.3) is 0 Å². The summed E-state index contributed by atoms with van der Waals surface area (Å²) in [6.45, 7) is 0.447. The first-order chi connectivity index (χ1) is 8.24. The van der Waals surface area contributed by atoms with Crippen molar-refractivity contribution in [2.45, 2.75) is 12.5 Å². The molecule has 1 atom stereocenters. The predicted molar refractivity (Wildman–Crippen MR) is 59.0 cm³/mol. The zero-order chi connectivity index (χ0) is 12.3. The Labute approximate surface area is 98.4 Å². The van der Waals surface area contributed by atoms with Gasteiger partial charge in [0.25, 0.3) is 0 Å². The number of carbonyl (C=O) groups excluding carboxylic acids is 1. The van der Waals surface area contributed by atoms with Crippen LogP contribution in [0.1, 0.15) is 12.0 Å². The predicted octanol–water partition coefficient (Wildman–Crippen LogP) is 1.80. The van der Waals surface area contributed by atoms with E-state index in [9.17, 15) is 4.79 Å². The van der Waals surface area contributed by atoms with Crippen LogP contribution in [0, 0.1) is 22.7 Å². The molecule has 0 saturated carbocycles. The van der Waals surface area contributed by atoms with Gasteiger partial charge in [-0.2, -0.15) is 10.5 Å². The molecular weight excluding hydrogens is 218 g/mol. The van der Waals surface area contributed by atoms with Gasteiger partial charge in [0.2, 0.25) is 0 Å². The van der Waals surface area contributed by atoms with E-state index >= 15 is 0 Å². The smallest absolute Gasteiger partial charge is 0.415 e. The molecule has 1 heterocycles. The van der Waals surface area contributed by atoms with E-state index in [1.807, 2.05) is 12.1 Å². The van der Waals surface area contributed by atoms with Crippen molar-refractivity contribution in [2.24, 2.45) is 0 Å². The number of carbonyl (C=O) groups is 1. The van der Waals surface area contributed by atoms with Gasteiger partial charge >= 0.3 is 6.09 Å². The third-order valence-electron chi connectivity index (χ3n) is 2.53. The SMILES string of the molecule is N#Cc1ccc(N2CCC(C#N)OC2=O)cc1. The Hall–Kier alpha value is -2.53. The van der Waals surface area contributed by atoms with Crippen LogP contribution >= 0.6 is 0 Å². The second kappa shape index (κ2) is 4.54. The number of nitrogens with zero attached hydrogens (tertiary/aromatic N) is 3. The number of nitriles is 2. The quantitative estimate of drug-likeness (QED) is 0.732. The van der Waals surface area contributed by atoms with Crippen molar-refractivity contribution in [2.75, 3.05) is 11.4 Å². The van der Waals surface area contributed by atoms with Gasteiger partial charge in [-0.1, -0.05) is 0 Å². The lowest BCUT2D eigenvalue weighted by Crippen LogP contribution is -2.41. The van der Waals surface area contributed by atoms with Crippen molar-refractivity contribution in [3.05, 3.63) is 29.8 Å². The van der Waals surface area contributed by atoms with Gasteiger partial charge in [0, 0.05) is 18.7 Å². The van der Waals surface area contributed by atoms with Crippen LogP contribution in [0.3, 0.4) is 0 Å². The van der Waals surface area contributed by atoms with Gasteiger partial charge in [0.05, 0.1) is 11.6 Å². The summed E-state index contributed by atoms with van der Waals surface area (Å²) in [5, 5.41) is 17.3. The number of rotatable bonds is 1. The maximum Gasteiger partial charge on any atom is 0.415 e. The molecule has 1 aromatic carbocycles. The van der Waals surface area contributed by atoms with Gasteiger partial charge in [-0.3, -0.25) is 4.90 Å². The first-order valence-electron chi connectivity index (χ1n) is 5.12. The fourth-order valence-electron chi connectivity index (χ4n) is 1.62. The minimum atomic E-state index is -0.655. The average Bonchev–Trinajstić information content (AvgIpc) is 2.39. The summed E-state index contributed by atoms with van der Waals surface area (Å²) in [4.78, 5) is 13.1. The number of hydrogen-bond acceptors (Lipinski definition) is 4. The first-order valence-corrected chi connectivity index (χ1v) is 5.12. The highest BCUT2D eigenvalue weighted by Gasteiger charge is 2.27. The molecule has 1 amide bonds. The molecule has 0 bridgehead atoms. The van der Waals surface area contributed by atoms with Crippen molar-refractivity contribution >= 4 is 11.8 Å². The van der Waals surface area contributed by atoms with E-state index in [-0.39, 0.29) is 0 Å². The number of amides is 1. The lowest BCUT2D eigenvalue weighted by atomic mass is 10.2. The molecule has 5 heteroatoms. The Balaban J connectivity index is 2.16. The number of cyclic esters (lactones) is 1. The number of hydrogen-bond donors (Lipinski definition) is 0. The van der Waals surface area contributed by atoms with Crippen LogP contribution in [0.5, 0.6) is 0 Å². The van der Waals surface area contributed by atoms with Crippen molar-refractivity contribution in [3.8, 4) is 12.1 Å². The van der Waals surface area contributed by atoms with E-state index in [2.05, 4.69) is 0 Å². The fraction of sp³-hybridized carbons (Fsp3) is 0.250. The van der Waals surface area contributed by atoms with Crippen LogP contribution in [-0.4, -0.2) is 18.7 Å². The molecule has 1 aliphatic heterocycles. The molecule has 1 unspecified atom stereocenters. The van der Waals surface area contributed by atoms with E-state index in [4.69, 9.17) is 15.3 Å². The van der Waals surface area contributed by atoms with Gasteiger partial charge < -0.3 is 4.74 Å². The molecule has 0 radical (unpaired) electrons. The standard InChI is InChI=1S/C12H9N3O2/c13-7-9-1-3-10(4-2-9)15-6-5-11(8-14)17-12(15)16/h1-4,11H,5-6H2. The molecule has 0 N–H and O–H groups in total. The minimum Gasteiger partial charge on any atom is -0.430 e. The van der Waals surface area contributed by atoms with Crippen molar-refractivity contribution in [1.82, 2.24) is 0 Å². The highest BCUT2D eigenvalue weighted by Crippen LogP contribution is 2.21. The summed E-state index contributed by atoms with van der Waals surface area (Å²) in [6.07, 6.45) is -0.688. The molecule has 0 aliphatic carbocycles. The Morgan fingerprint density at radius 1 is 1.29 bits per heavy atom. The van der Waals surface area contributed by atoms with Crippen molar-refractivity contribution in [1.29, 1.82) is 10.5 Å². The topological polar surface area (TPSA) is 77.1 Å². The Morgan fingerprint density at radius 3 is 2.53 bits per heavy atom. The molecule has 0 aromatic heterocycles. The summed E-state index contributed by atoms with van der Waals surface area (Å²) >= 11 is 0. The van der Waals surface area contributed by atoms with Crippen LogP contribution in [-0.2, 0) is 4.74 Å². The van der Waals surface area contributed by atoms with Gasteiger partial charge in [-0.15, -0.1) is 0 Å². The number of ether oxygens (including phenoxy) is 1. The third-order valence-corrected chi connectivity index (χ3v) is 2.53. The summed E-state index contributed by atoms with van der Waals surface area (Å²) in [6, 6.07) is 10.6. The first kappa shape index (κ1) is 11.0. The highest BCUT2D eigenvalue weighted by atomic mass is 16.6. The van der Waals surface area contributed by atoms with E-state index in [1.165, 1.54) is 4.90 Å². The maximum absolute atomic E-state index is 11.6. The lowest BCUT2D eigenvalue weighted by molar-refractivity contribution is 0.111. The van der Waals surface area contributed by atoms with Gasteiger partial charge in [-0.25, -0.2) is 4.79 Å². The molecule has 5 nitrogen and oxygen atoms in total. The van der Waals surface area contributed by atoms with Crippen molar-refractivity contribution < 1.29 is 9.53 Å². The van der Waals surface area contributed by atoms with Gasteiger partial charge in [0.15, 0.2) is 6.10 Å². The normalized spacial score (nSPS) is 19.1. The monoisotopic (exact) mass is 227 g/mol. The van der Waals surface area contributed by atoms with Crippen LogP contribution < -0.4 is 4.90 Å². The Kier molecular flexibility index (Phi) is 2.93. The van der Waals surface area contributed by atoms with Crippen molar-refractivity contribution in [3.63, 3.8) is 0 Å². The molecule has 1 aliphatic rings. The van der Waals surface area contributed by atoms with Crippen LogP contribution in [0.4, 0.5) is 10.5 Å². The second-order valence-corrected chi connectivity index (χ2v) is 3.60. The fourth-order valence-corrected chi connectivity index (χ4v) is 1.62. The zero-order valence-corrected chi connectivity index (χ0v) is 8.96. The van der Waals surface area contributed by atoms with Crippen LogP contribution in [0.2, 0.25) is 0 Å². The lowest BCUT2D eigenvalue weighted by Gasteiger charge is -2.28. The Morgan fingerprint density at radius 2 is 2.00 bits per heavy atom. The molecule has 1 fully saturated rings. The zero-order valence-electron chi connectivity index (χ0n) is 8.96. The van der Waals surface area contributed by atoms with E-state index in [0.29, 0.717) is 24.2 Å². The van der Waals surface area contributed by atoms with E-state index in [0.717, 1.165) is 0 Å². The average molecular weight is 227 g/mol. The molecule has 1 saturated heterocycles. The molecule has 84 valence electrons.